The summed E-state index contributed by atoms with van der Waals surface area (Å²) in [5, 5.41) is 38.0. The van der Waals surface area contributed by atoms with E-state index >= 15 is 0 Å². The van der Waals surface area contributed by atoms with E-state index < -0.39 is 36.2 Å². The smallest absolute Gasteiger partial charge is 0.210 e. The van der Waals surface area contributed by atoms with Crippen LogP contribution in [0.5, 0.6) is 0 Å². The van der Waals surface area contributed by atoms with Crippen LogP contribution in [0.25, 0.3) is 0 Å². The maximum absolute atomic E-state index is 9.81. The predicted molar refractivity (Wildman–Crippen MR) is 47.2 cm³/mol. The van der Waals surface area contributed by atoms with Gasteiger partial charge in [-0.25, -0.2) is 0 Å². The zero-order chi connectivity index (χ0) is 11.1. The van der Waals surface area contributed by atoms with Crippen molar-refractivity contribution in [2.24, 2.45) is 5.73 Å². The molecule has 0 bridgehead atoms. The normalized spacial score (nSPS) is 51.6. The van der Waals surface area contributed by atoms with Gasteiger partial charge in [0.1, 0.15) is 18.3 Å². The molecule has 6 N–H and O–H groups in total. The highest BCUT2D eigenvalue weighted by Gasteiger charge is 2.53. The van der Waals surface area contributed by atoms with Crippen LogP contribution in [0.15, 0.2) is 0 Å². The van der Waals surface area contributed by atoms with Gasteiger partial charge >= 0.3 is 0 Å². The highest BCUT2D eigenvalue weighted by atomic mass is 16.7. The van der Waals surface area contributed by atoms with Crippen molar-refractivity contribution in [1.29, 1.82) is 0 Å². The molecular formula is C8H17NO5. The van der Waals surface area contributed by atoms with Crippen molar-refractivity contribution in [1.82, 2.24) is 0 Å². The number of hydrogen-bond donors (Lipinski definition) is 5. The second kappa shape index (κ2) is 3.73. The third-order valence-corrected chi connectivity index (χ3v) is 2.61. The van der Waals surface area contributed by atoms with E-state index in [0.29, 0.717) is 0 Å². The fourth-order valence-corrected chi connectivity index (χ4v) is 1.52. The van der Waals surface area contributed by atoms with Crippen LogP contribution in [0.2, 0.25) is 0 Å². The molecule has 0 amide bonds. The fraction of sp³-hybridized carbons (Fsp3) is 1.00. The number of hydrogen-bond acceptors (Lipinski definition) is 6. The highest BCUT2D eigenvalue weighted by Crippen LogP contribution is 2.29. The monoisotopic (exact) mass is 207 g/mol. The predicted octanol–water partition coefficient (Wildman–Crippen LogP) is -2.48. The van der Waals surface area contributed by atoms with Gasteiger partial charge in [0.15, 0.2) is 0 Å². The summed E-state index contributed by atoms with van der Waals surface area (Å²) in [6, 6.07) is -0.873. The first kappa shape index (κ1) is 11.8. The van der Waals surface area contributed by atoms with Crippen LogP contribution in [0.4, 0.5) is 0 Å². The summed E-state index contributed by atoms with van der Waals surface area (Å²) in [6.07, 6.45) is -5.10. The Morgan fingerprint density at radius 1 is 1.29 bits per heavy atom. The van der Waals surface area contributed by atoms with Crippen LogP contribution in [-0.2, 0) is 4.74 Å². The molecule has 1 rings (SSSR count). The zero-order valence-electron chi connectivity index (χ0n) is 8.16. The summed E-state index contributed by atoms with van der Waals surface area (Å²) in [5.41, 5.74) is 5.43. The standard InChI is InChI=1S/C8H17NO5/c1-3-5(10)6(11)7(12)8(13,14-3)4(2)9/h3-7,10-13H,9H2,1-2H3/t3-,4?,5-,6+,7+,8+/m0/s1. The van der Waals surface area contributed by atoms with Crippen LogP contribution in [0.1, 0.15) is 13.8 Å². The van der Waals surface area contributed by atoms with Crippen molar-refractivity contribution in [3.8, 4) is 0 Å². The van der Waals surface area contributed by atoms with E-state index in [4.69, 9.17) is 10.5 Å². The molecule has 0 aromatic heterocycles. The van der Waals surface area contributed by atoms with Crippen LogP contribution < -0.4 is 5.73 Å². The van der Waals surface area contributed by atoms with Crippen molar-refractivity contribution >= 4 is 0 Å². The minimum Gasteiger partial charge on any atom is -0.388 e. The van der Waals surface area contributed by atoms with Gasteiger partial charge in [-0.1, -0.05) is 0 Å². The van der Waals surface area contributed by atoms with Crippen LogP contribution in [0.3, 0.4) is 0 Å². The van der Waals surface area contributed by atoms with Gasteiger partial charge in [-0.3, -0.25) is 0 Å². The van der Waals surface area contributed by atoms with Gasteiger partial charge in [0, 0.05) is 0 Å². The molecule has 1 unspecified atom stereocenters. The summed E-state index contributed by atoms with van der Waals surface area (Å²) < 4.78 is 5.00. The number of nitrogens with two attached hydrogens (primary N) is 1. The Morgan fingerprint density at radius 3 is 2.21 bits per heavy atom. The Kier molecular flexibility index (Phi) is 3.15. The van der Waals surface area contributed by atoms with Gasteiger partial charge < -0.3 is 30.9 Å². The first-order valence-corrected chi connectivity index (χ1v) is 4.50. The van der Waals surface area contributed by atoms with Gasteiger partial charge in [-0.15, -0.1) is 0 Å². The van der Waals surface area contributed by atoms with E-state index in [1.807, 2.05) is 0 Å². The zero-order valence-corrected chi connectivity index (χ0v) is 8.16. The largest absolute Gasteiger partial charge is 0.388 e. The number of ether oxygens (including phenoxy) is 1. The summed E-state index contributed by atoms with van der Waals surface area (Å²) in [4.78, 5) is 0. The summed E-state index contributed by atoms with van der Waals surface area (Å²) >= 11 is 0. The SMILES string of the molecule is CC(N)[C@@]1(O)O[C@@H](C)[C@H](O)[C@@H](O)[C@H]1O. The molecule has 1 fully saturated rings. The Labute approximate surface area is 81.9 Å². The molecule has 0 spiro atoms. The van der Waals surface area contributed by atoms with Gasteiger partial charge in [0.2, 0.25) is 5.79 Å². The molecule has 14 heavy (non-hydrogen) atoms. The van der Waals surface area contributed by atoms with Crippen LogP contribution in [0, 0.1) is 0 Å². The highest BCUT2D eigenvalue weighted by molar-refractivity contribution is 4.98. The maximum atomic E-state index is 9.81. The lowest BCUT2D eigenvalue weighted by atomic mass is 9.89. The first-order chi connectivity index (χ1) is 6.30. The van der Waals surface area contributed by atoms with E-state index in [1.165, 1.54) is 13.8 Å². The average Bonchev–Trinajstić information content (AvgIpc) is 2.11. The molecule has 0 aromatic rings. The molecule has 6 nitrogen and oxygen atoms in total. The average molecular weight is 207 g/mol. The molecule has 6 heteroatoms. The summed E-state index contributed by atoms with van der Waals surface area (Å²) in [6.45, 7) is 2.92. The number of aliphatic hydroxyl groups excluding tert-OH is 3. The third kappa shape index (κ3) is 1.65. The molecule has 1 heterocycles. The molecule has 1 aliphatic heterocycles. The first-order valence-electron chi connectivity index (χ1n) is 4.50. The molecule has 84 valence electrons. The lowest BCUT2D eigenvalue weighted by Crippen LogP contribution is -2.69. The van der Waals surface area contributed by atoms with E-state index in [9.17, 15) is 20.4 Å². The Balaban J connectivity index is 2.90. The van der Waals surface area contributed by atoms with Crippen molar-refractivity contribution in [3.05, 3.63) is 0 Å². The van der Waals surface area contributed by atoms with Crippen molar-refractivity contribution in [3.63, 3.8) is 0 Å². The third-order valence-electron chi connectivity index (χ3n) is 2.61. The molecule has 6 atom stereocenters. The van der Waals surface area contributed by atoms with Crippen molar-refractivity contribution in [2.75, 3.05) is 0 Å². The molecule has 0 aliphatic carbocycles. The quantitative estimate of drug-likeness (QED) is 0.325. The lowest BCUT2D eigenvalue weighted by molar-refractivity contribution is -0.348. The van der Waals surface area contributed by atoms with E-state index in [0.717, 1.165) is 0 Å². The van der Waals surface area contributed by atoms with Crippen molar-refractivity contribution < 1.29 is 25.2 Å². The Hall–Kier alpha value is -0.240. The van der Waals surface area contributed by atoms with E-state index in [-0.39, 0.29) is 0 Å². The van der Waals surface area contributed by atoms with Gasteiger partial charge in [-0.05, 0) is 13.8 Å². The van der Waals surface area contributed by atoms with E-state index in [2.05, 4.69) is 0 Å². The van der Waals surface area contributed by atoms with Gasteiger partial charge in [-0.2, -0.15) is 0 Å². The Morgan fingerprint density at radius 2 is 1.79 bits per heavy atom. The van der Waals surface area contributed by atoms with Gasteiger partial charge in [0.25, 0.3) is 0 Å². The molecule has 0 saturated carbocycles. The number of rotatable bonds is 1. The topological polar surface area (TPSA) is 116 Å². The summed E-state index contributed by atoms with van der Waals surface area (Å²) in [5.74, 6) is -2.02. The second-order valence-corrected chi connectivity index (χ2v) is 3.79. The fourth-order valence-electron chi connectivity index (χ4n) is 1.52. The van der Waals surface area contributed by atoms with Crippen LogP contribution in [-0.4, -0.2) is 56.7 Å². The molecule has 0 radical (unpaired) electrons. The minimum absolute atomic E-state index is 0.788. The van der Waals surface area contributed by atoms with Crippen LogP contribution >= 0.6 is 0 Å². The second-order valence-electron chi connectivity index (χ2n) is 3.79. The molecule has 1 saturated heterocycles. The molecular weight excluding hydrogens is 190 g/mol. The van der Waals surface area contributed by atoms with Crippen molar-refractivity contribution in [2.45, 2.75) is 50.1 Å². The van der Waals surface area contributed by atoms with Gasteiger partial charge in [0.05, 0.1) is 12.1 Å². The lowest BCUT2D eigenvalue weighted by Gasteiger charge is -2.46. The minimum atomic E-state index is -2.02. The maximum Gasteiger partial charge on any atom is 0.210 e. The Bertz CT molecular complexity index is 212. The summed E-state index contributed by atoms with van der Waals surface area (Å²) in [7, 11) is 0. The number of aliphatic hydroxyl groups is 4. The molecule has 0 aromatic carbocycles. The van der Waals surface area contributed by atoms with E-state index in [1.54, 1.807) is 0 Å². The molecule has 1 aliphatic rings.